The van der Waals surface area contributed by atoms with Gasteiger partial charge in [0.05, 0.1) is 11.7 Å². The topological polar surface area (TPSA) is 29.9 Å². The summed E-state index contributed by atoms with van der Waals surface area (Å²) in [6, 6.07) is 6.46. The van der Waals surface area contributed by atoms with E-state index in [0.29, 0.717) is 10.6 Å². The van der Waals surface area contributed by atoms with Crippen LogP contribution in [0.5, 0.6) is 0 Å². The Bertz CT molecular complexity index is 553. The number of nitrogens with zero attached hydrogens (tertiary/aromatic N) is 2. The van der Waals surface area contributed by atoms with E-state index in [4.69, 9.17) is 11.6 Å². The van der Waals surface area contributed by atoms with Gasteiger partial charge in [0.1, 0.15) is 5.82 Å². The van der Waals surface area contributed by atoms with E-state index in [2.05, 4.69) is 10.4 Å². The van der Waals surface area contributed by atoms with Crippen LogP contribution < -0.4 is 5.32 Å². The Labute approximate surface area is 117 Å². The fourth-order valence-corrected chi connectivity index (χ4v) is 2.32. The van der Waals surface area contributed by atoms with Crippen LogP contribution in [0.1, 0.15) is 31.1 Å². The number of rotatable bonds is 5. The molecule has 0 amide bonds. The first-order chi connectivity index (χ1) is 9.17. The normalized spacial score (nSPS) is 12.6. The van der Waals surface area contributed by atoms with Gasteiger partial charge in [-0.15, -0.1) is 0 Å². The summed E-state index contributed by atoms with van der Waals surface area (Å²) in [6.07, 6.45) is 1.73. The number of hydrogen-bond acceptors (Lipinski definition) is 2. The quantitative estimate of drug-likeness (QED) is 0.910. The Morgan fingerprint density at radius 1 is 1.37 bits per heavy atom. The number of halogens is 2. The number of hydrogen-bond donors (Lipinski definition) is 1. The second kappa shape index (κ2) is 6.17. The lowest BCUT2D eigenvalue weighted by molar-refractivity contribution is 0.515. The molecule has 5 heteroatoms. The first-order valence-corrected chi connectivity index (χ1v) is 6.75. The summed E-state index contributed by atoms with van der Waals surface area (Å²) in [5.41, 5.74) is 1.53. The zero-order chi connectivity index (χ0) is 13.8. The minimum Gasteiger partial charge on any atom is -0.305 e. The molecule has 1 aromatic carbocycles. The average Bonchev–Trinajstić information content (AvgIpc) is 2.85. The molecule has 19 heavy (non-hydrogen) atoms. The first kappa shape index (κ1) is 14.0. The van der Waals surface area contributed by atoms with Crippen LogP contribution in [0.3, 0.4) is 0 Å². The van der Waals surface area contributed by atoms with Gasteiger partial charge in [-0.1, -0.05) is 24.6 Å². The fourth-order valence-electron chi connectivity index (χ4n) is 2.17. The largest absolute Gasteiger partial charge is 0.305 e. The van der Waals surface area contributed by atoms with Gasteiger partial charge in [-0.05, 0) is 31.7 Å². The van der Waals surface area contributed by atoms with E-state index >= 15 is 0 Å². The zero-order valence-corrected chi connectivity index (χ0v) is 11.8. The number of aryl methyl sites for hydroxylation is 1. The lowest BCUT2D eigenvalue weighted by Crippen LogP contribution is -2.25. The average molecular weight is 282 g/mol. The van der Waals surface area contributed by atoms with E-state index in [1.54, 1.807) is 18.3 Å². The van der Waals surface area contributed by atoms with Crippen LogP contribution in [-0.2, 0) is 6.54 Å². The van der Waals surface area contributed by atoms with E-state index in [-0.39, 0.29) is 11.9 Å². The second-order valence-electron chi connectivity index (χ2n) is 4.23. The predicted molar refractivity (Wildman–Crippen MR) is 74.8 cm³/mol. The van der Waals surface area contributed by atoms with Crippen LogP contribution in [0.25, 0.3) is 0 Å². The van der Waals surface area contributed by atoms with Crippen LogP contribution in [0, 0.1) is 5.82 Å². The van der Waals surface area contributed by atoms with Gasteiger partial charge < -0.3 is 5.32 Å². The molecule has 0 aliphatic carbocycles. The van der Waals surface area contributed by atoms with Gasteiger partial charge in [-0.2, -0.15) is 5.10 Å². The molecule has 1 aromatic heterocycles. The summed E-state index contributed by atoms with van der Waals surface area (Å²) in [7, 11) is 0. The Kier molecular flexibility index (Phi) is 4.56. The third kappa shape index (κ3) is 2.96. The molecule has 2 aromatic rings. The van der Waals surface area contributed by atoms with E-state index < -0.39 is 0 Å². The smallest absolute Gasteiger partial charge is 0.129 e. The molecule has 0 saturated heterocycles. The molecule has 0 bridgehead atoms. The molecule has 1 unspecified atom stereocenters. The highest BCUT2D eigenvalue weighted by atomic mass is 35.5. The van der Waals surface area contributed by atoms with Gasteiger partial charge >= 0.3 is 0 Å². The Balaban J connectivity index is 2.45. The first-order valence-electron chi connectivity index (χ1n) is 6.37. The van der Waals surface area contributed by atoms with Gasteiger partial charge in [0.25, 0.3) is 0 Å². The molecule has 102 valence electrons. The molecule has 3 nitrogen and oxygen atoms in total. The van der Waals surface area contributed by atoms with E-state index in [1.165, 1.54) is 6.07 Å². The van der Waals surface area contributed by atoms with Crippen molar-refractivity contribution in [2.75, 3.05) is 6.54 Å². The van der Waals surface area contributed by atoms with Gasteiger partial charge in [0, 0.05) is 23.3 Å². The summed E-state index contributed by atoms with van der Waals surface area (Å²) >= 11 is 5.80. The highest BCUT2D eigenvalue weighted by Gasteiger charge is 2.20. The molecule has 0 aliphatic heterocycles. The lowest BCUT2D eigenvalue weighted by atomic mass is 10.0. The third-order valence-electron chi connectivity index (χ3n) is 3.03. The van der Waals surface area contributed by atoms with Gasteiger partial charge in [-0.25, -0.2) is 4.39 Å². The molecule has 1 atom stereocenters. The lowest BCUT2D eigenvalue weighted by Gasteiger charge is -2.20. The van der Waals surface area contributed by atoms with Gasteiger partial charge in [0.2, 0.25) is 0 Å². The van der Waals surface area contributed by atoms with Crippen LogP contribution in [0.15, 0.2) is 30.5 Å². The summed E-state index contributed by atoms with van der Waals surface area (Å²) in [6.45, 7) is 5.49. The Morgan fingerprint density at radius 3 is 2.79 bits per heavy atom. The summed E-state index contributed by atoms with van der Waals surface area (Å²) in [4.78, 5) is 0. The molecule has 1 heterocycles. The van der Waals surface area contributed by atoms with Crippen molar-refractivity contribution < 1.29 is 4.39 Å². The van der Waals surface area contributed by atoms with Crippen LogP contribution >= 0.6 is 11.6 Å². The fraction of sp³-hybridized carbons (Fsp3) is 0.357. The maximum Gasteiger partial charge on any atom is 0.129 e. The molecule has 0 spiro atoms. The van der Waals surface area contributed by atoms with Gasteiger partial charge in [0.15, 0.2) is 0 Å². The van der Waals surface area contributed by atoms with E-state index in [9.17, 15) is 4.39 Å². The van der Waals surface area contributed by atoms with Crippen LogP contribution in [-0.4, -0.2) is 16.3 Å². The maximum absolute atomic E-state index is 14.1. The molecule has 2 rings (SSSR count). The minimum absolute atomic E-state index is 0.218. The van der Waals surface area contributed by atoms with Crippen molar-refractivity contribution >= 4 is 11.6 Å². The van der Waals surface area contributed by atoms with Crippen molar-refractivity contribution in [1.29, 1.82) is 0 Å². The summed E-state index contributed by atoms with van der Waals surface area (Å²) in [5.74, 6) is -0.303. The van der Waals surface area contributed by atoms with Crippen molar-refractivity contribution in [3.05, 3.63) is 52.6 Å². The van der Waals surface area contributed by atoms with Crippen molar-refractivity contribution in [3.63, 3.8) is 0 Å². The monoisotopic (exact) mass is 281 g/mol. The highest BCUT2D eigenvalue weighted by Crippen LogP contribution is 2.26. The third-order valence-corrected chi connectivity index (χ3v) is 3.26. The maximum atomic E-state index is 14.1. The molecular formula is C14H17ClFN3. The number of aromatic nitrogens is 2. The Morgan fingerprint density at radius 2 is 2.16 bits per heavy atom. The molecule has 0 aliphatic rings. The van der Waals surface area contributed by atoms with Crippen molar-refractivity contribution in [3.8, 4) is 0 Å². The SMILES string of the molecule is CCNC(c1ccc(Cl)cc1F)c1ccnn1CC. The molecule has 0 fully saturated rings. The van der Waals surface area contributed by atoms with E-state index in [0.717, 1.165) is 18.8 Å². The van der Waals surface area contributed by atoms with Crippen LogP contribution in [0.4, 0.5) is 4.39 Å². The van der Waals surface area contributed by atoms with Crippen molar-refractivity contribution in [2.24, 2.45) is 0 Å². The van der Waals surface area contributed by atoms with Gasteiger partial charge in [-0.3, -0.25) is 4.68 Å². The number of nitrogens with one attached hydrogen (secondary N) is 1. The molecular weight excluding hydrogens is 265 g/mol. The highest BCUT2D eigenvalue weighted by molar-refractivity contribution is 6.30. The molecule has 0 radical (unpaired) electrons. The Hall–Kier alpha value is -1.39. The van der Waals surface area contributed by atoms with Crippen molar-refractivity contribution in [1.82, 2.24) is 15.1 Å². The standard InChI is InChI=1S/C14H17ClFN3/c1-3-17-14(13-7-8-18-19(13)4-2)11-6-5-10(15)9-12(11)16/h5-9,14,17H,3-4H2,1-2H3. The summed E-state index contributed by atoms with van der Waals surface area (Å²) < 4.78 is 16.0. The van der Waals surface area contributed by atoms with Crippen LogP contribution in [0.2, 0.25) is 5.02 Å². The summed E-state index contributed by atoms with van der Waals surface area (Å²) in [5, 5.41) is 7.93. The predicted octanol–water partition coefficient (Wildman–Crippen LogP) is 3.39. The second-order valence-corrected chi connectivity index (χ2v) is 4.66. The van der Waals surface area contributed by atoms with E-state index in [1.807, 2.05) is 24.6 Å². The molecule has 1 N–H and O–H groups in total. The number of benzene rings is 1. The van der Waals surface area contributed by atoms with Crippen molar-refractivity contribution in [2.45, 2.75) is 26.4 Å². The zero-order valence-electron chi connectivity index (χ0n) is 11.0. The minimum atomic E-state index is -0.303. The molecule has 0 saturated carbocycles.